The number of ether oxygens (including phenoxy) is 2. The second-order valence-electron chi connectivity index (χ2n) is 8.84. The Morgan fingerprint density at radius 3 is 1.93 bits per heavy atom. The summed E-state index contributed by atoms with van der Waals surface area (Å²) in [6.45, 7) is 7.86. The third kappa shape index (κ3) is 11.7. The second-order valence-corrected chi connectivity index (χ2v) is 10.7. The lowest BCUT2D eigenvalue weighted by molar-refractivity contribution is -0.150. The van der Waals surface area contributed by atoms with Crippen LogP contribution in [0.3, 0.4) is 0 Å². The SMILES string of the molecule is CCOC(=O)C1(CCCCCCCCCCCCC(COC)SC(C)C)CC1. The number of rotatable bonds is 19. The van der Waals surface area contributed by atoms with E-state index in [-0.39, 0.29) is 11.4 Å². The number of unbranched alkanes of at least 4 members (excludes halogenated alkanes) is 9. The van der Waals surface area contributed by atoms with Crippen LogP contribution in [0.2, 0.25) is 0 Å². The lowest BCUT2D eigenvalue weighted by Gasteiger charge is -2.17. The minimum atomic E-state index is -0.0774. The van der Waals surface area contributed by atoms with E-state index >= 15 is 0 Å². The molecule has 0 heterocycles. The Balaban J connectivity index is 1.87. The maximum absolute atomic E-state index is 11.9. The maximum Gasteiger partial charge on any atom is 0.312 e. The van der Waals surface area contributed by atoms with Crippen molar-refractivity contribution in [2.24, 2.45) is 5.41 Å². The van der Waals surface area contributed by atoms with E-state index in [1.807, 2.05) is 14.0 Å². The van der Waals surface area contributed by atoms with Gasteiger partial charge in [0.1, 0.15) is 0 Å². The molecule has 0 aromatic carbocycles. The van der Waals surface area contributed by atoms with Crippen molar-refractivity contribution in [1.82, 2.24) is 0 Å². The quantitative estimate of drug-likeness (QED) is 0.166. The molecule has 4 heteroatoms. The Kier molecular flexibility index (Phi) is 14.4. The summed E-state index contributed by atoms with van der Waals surface area (Å²) < 4.78 is 10.6. The van der Waals surface area contributed by atoms with E-state index in [0.717, 1.165) is 25.9 Å². The maximum atomic E-state index is 11.9. The molecule has 0 N–H and O–H groups in total. The summed E-state index contributed by atoms with van der Waals surface area (Å²) >= 11 is 2.06. The van der Waals surface area contributed by atoms with Gasteiger partial charge in [0.05, 0.1) is 18.6 Å². The molecule has 1 aliphatic rings. The molecule has 166 valence electrons. The molecule has 0 bridgehead atoms. The Bertz CT molecular complexity index is 393. The molecule has 28 heavy (non-hydrogen) atoms. The van der Waals surface area contributed by atoms with Gasteiger partial charge in [0.2, 0.25) is 0 Å². The summed E-state index contributed by atoms with van der Waals surface area (Å²) in [7, 11) is 1.82. The van der Waals surface area contributed by atoms with Crippen LogP contribution in [0.5, 0.6) is 0 Å². The number of carbonyl (C=O) groups is 1. The molecule has 1 atom stereocenters. The first-order valence-electron chi connectivity index (χ1n) is 11.9. The third-order valence-electron chi connectivity index (χ3n) is 5.81. The van der Waals surface area contributed by atoms with E-state index in [1.54, 1.807) is 0 Å². The first-order valence-corrected chi connectivity index (χ1v) is 12.8. The summed E-state index contributed by atoms with van der Waals surface area (Å²) in [4.78, 5) is 11.9. The Morgan fingerprint density at radius 1 is 0.929 bits per heavy atom. The fourth-order valence-corrected chi connectivity index (χ4v) is 5.29. The molecular formula is C24H46O3S. The molecule has 1 unspecified atom stereocenters. The van der Waals surface area contributed by atoms with Crippen molar-refractivity contribution in [2.45, 2.75) is 121 Å². The highest BCUT2D eigenvalue weighted by molar-refractivity contribution is 8.00. The van der Waals surface area contributed by atoms with Gasteiger partial charge in [0, 0.05) is 12.4 Å². The van der Waals surface area contributed by atoms with Gasteiger partial charge < -0.3 is 9.47 Å². The van der Waals surface area contributed by atoms with Crippen molar-refractivity contribution in [3.8, 4) is 0 Å². The predicted octanol–water partition coefficient (Wildman–Crippen LogP) is 7.17. The summed E-state index contributed by atoms with van der Waals surface area (Å²) in [5.74, 6) is 0.0614. The minimum absolute atomic E-state index is 0.0614. The third-order valence-corrected chi connectivity index (χ3v) is 7.11. The average Bonchev–Trinajstić information content (AvgIpc) is 3.43. The molecule has 0 aromatic rings. The highest BCUT2D eigenvalue weighted by Crippen LogP contribution is 2.51. The molecule has 0 saturated heterocycles. The normalized spacial score (nSPS) is 16.3. The van der Waals surface area contributed by atoms with E-state index in [4.69, 9.17) is 9.47 Å². The molecule has 0 aliphatic heterocycles. The van der Waals surface area contributed by atoms with E-state index in [9.17, 15) is 4.79 Å². The first kappa shape index (κ1) is 25.8. The van der Waals surface area contributed by atoms with Gasteiger partial charge in [-0.1, -0.05) is 78.1 Å². The molecular weight excluding hydrogens is 368 g/mol. The molecule has 1 aliphatic carbocycles. The topological polar surface area (TPSA) is 35.5 Å². The monoisotopic (exact) mass is 414 g/mol. The van der Waals surface area contributed by atoms with Crippen molar-refractivity contribution in [3.63, 3.8) is 0 Å². The highest BCUT2D eigenvalue weighted by atomic mass is 32.2. The van der Waals surface area contributed by atoms with Crippen LogP contribution in [-0.4, -0.2) is 36.8 Å². The number of methoxy groups -OCH3 is 1. The molecule has 0 spiro atoms. The molecule has 1 fully saturated rings. The van der Waals surface area contributed by atoms with E-state index < -0.39 is 0 Å². The molecule has 1 saturated carbocycles. The van der Waals surface area contributed by atoms with Crippen LogP contribution in [-0.2, 0) is 14.3 Å². The minimum Gasteiger partial charge on any atom is -0.466 e. The second kappa shape index (κ2) is 15.6. The zero-order valence-electron chi connectivity index (χ0n) is 19.1. The fraction of sp³-hybridized carbons (Fsp3) is 0.958. The fourth-order valence-electron chi connectivity index (χ4n) is 4.00. The smallest absolute Gasteiger partial charge is 0.312 e. The van der Waals surface area contributed by atoms with Crippen LogP contribution in [0.15, 0.2) is 0 Å². The standard InChI is InChI=1S/C24H46O3S/c1-5-27-23(25)24(18-19-24)17-15-13-11-9-7-6-8-10-12-14-16-22(20-26-4)28-21(2)3/h21-22H,5-20H2,1-4H3. The summed E-state index contributed by atoms with van der Waals surface area (Å²) in [6, 6.07) is 0. The van der Waals surface area contributed by atoms with Crippen LogP contribution in [0, 0.1) is 5.41 Å². The van der Waals surface area contributed by atoms with Gasteiger partial charge in [-0.15, -0.1) is 0 Å². The Morgan fingerprint density at radius 2 is 1.46 bits per heavy atom. The summed E-state index contributed by atoms with van der Waals surface area (Å²) in [5, 5.41) is 1.36. The lowest BCUT2D eigenvalue weighted by atomic mass is 9.97. The number of hydrogen-bond donors (Lipinski definition) is 0. The van der Waals surface area contributed by atoms with Crippen LogP contribution in [0.1, 0.15) is 111 Å². The average molecular weight is 415 g/mol. The molecule has 0 radical (unpaired) electrons. The number of hydrogen-bond acceptors (Lipinski definition) is 4. The van der Waals surface area contributed by atoms with Crippen LogP contribution in [0.25, 0.3) is 0 Å². The van der Waals surface area contributed by atoms with Gasteiger partial charge in [-0.25, -0.2) is 0 Å². The molecule has 3 nitrogen and oxygen atoms in total. The Labute approximate surface area is 179 Å². The number of carbonyl (C=O) groups excluding carboxylic acids is 1. The Hall–Kier alpha value is -0.220. The summed E-state index contributed by atoms with van der Waals surface area (Å²) in [6.07, 6.45) is 17.8. The van der Waals surface area contributed by atoms with Crippen LogP contribution in [0.4, 0.5) is 0 Å². The van der Waals surface area contributed by atoms with Gasteiger partial charge in [0.15, 0.2) is 0 Å². The molecule has 0 amide bonds. The van der Waals surface area contributed by atoms with Gasteiger partial charge in [-0.3, -0.25) is 4.79 Å². The number of thioether (sulfide) groups is 1. The van der Waals surface area contributed by atoms with Gasteiger partial charge in [-0.2, -0.15) is 11.8 Å². The van der Waals surface area contributed by atoms with Gasteiger partial charge in [-0.05, 0) is 37.9 Å². The van der Waals surface area contributed by atoms with E-state index in [0.29, 0.717) is 17.1 Å². The highest BCUT2D eigenvalue weighted by Gasteiger charge is 2.50. The first-order chi connectivity index (χ1) is 13.5. The van der Waals surface area contributed by atoms with Gasteiger partial charge >= 0.3 is 5.97 Å². The van der Waals surface area contributed by atoms with Crippen molar-refractivity contribution >= 4 is 17.7 Å². The van der Waals surface area contributed by atoms with Crippen LogP contribution < -0.4 is 0 Å². The lowest BCUT2D eigenvalue weighted by Crippen LogP contribution is -2.18. The van der Waals surface area contributed by atoms with Crippen molar-refractivity contribution in [3.05, 3.63) is 0 Å². The zero-order chi connectivity index (χ0) is 20.7. The van der Waals surface area contributed by atoms with Crippen molar-refractivity contribution in [1.29, 1.82) is 0 Å². The molecule has 0 aromatic heterocycles. The molecule has 1 rings (SSSR count). The van der Waals surface area contributed by atoms with Crippen molar-refractivity contribution in [2.75, 3.05) is 20.3 Å². The van der Waals surface area contributed by atoms with Crippen molar-refractivity contribution < 1.29 is 14.3 Å². The summed E-state index contributed by atoms with van der Waals surface area (Å²) in [5.41, 5.74) is -0.0774. The zero-order valence-corrected chi connectivity index (χ0v) is 19.9. The van der Waals surface area contributed by atoms with E-state index in [1.165, 1.54) is 70.6 Å². The number of esters is 1. The van der Waals surface area contributed by atoms with E-state index in [2.05, 4.69) is 25.6 Å². The predicted molar refractivity (Wildman–Crippen MR) is 122 cm³/mol. The largest absolute Gasteiger partial charge is 0.466 e. The van der Waals surface area contributed by atoms with Crippen LogP contribution >= 0.6 is 11.8 Å². The van der Waals surface area contributed by atoms with Gasteiger partial charge in [0.25, 0.3) is 0 Å².